The summed E-state index contributed by atoms with van der Waals surface area (Å²) >= 11 is 12.3. The number of benzene rings is 1. The summed E-state index contributed by atoms with van der Waals surface area (Å²) in [6.07, 6.45) is 5.79. The second-order valence-corrected chi connectivity index (χ2v) is 5.32. The Morgan fingerprint density at radius 1 is 1.18 bits per heavy atom. The summed E-state index contributed by atoms with van der Waals surface area (Å²) in [4.78, 5) is 0. The fourth-order valence-electron chi connectivity index (χ4n) is 2.00. The normalized spacial score (nSPS) is 12.7. The van der Waals surface area contributed by atoms with E-state index in [9.17, 15) is 0 Å². The molecular formula is C14H21Cl2N. The van der Waals surface area contributed by atoms with Crippen molar-refractivity contribution < 1.29 is 0 Å². The van der Waals surface area contributed by atoms with E-state index in [0.29, 0.717) is 12.5 Å². The average molecular weight is 274 g/mol. The van der Waals surface area contributed by atoms with E-state index in [-0.39, 0.29) is 0 Å². The minimum atomic E-state index is 0.485. The molecule has 1 atom stereocenters. The van der Waals surface area contributed by atoms with Crippen molar-refractivity contribution in [3.63, 3.8) is 0 Å². The van der Waals surface area contributed by atoms with Crippen LogP contribution in [0.1, 0.15) is 38.2 Å². The maximum atomic E-state index is 6.17. The SMILES string of the molecule is CCCCCC(CN)Cc1c(Cl)cccc1Cl. The van der Waals surface area contributed by atoms with E-state index in [1.54, 1.807) is 0 Å². The Balaban J connectivity index is 2.60. The highest BCUT2D eigenvalue weighted by molar-refractivity contribution is 6.35. The predicted molar refractivity (Wildman–Crippen MR) is 76.9 cm³/mol. The topological polar surface area (TPSA) is 26.0 Å². The van der Waals surface area contributed by atoms with E-state index in [2.05, 4.69) is 6.92 Å². The van der Waals surface area contributed by atoms with Gasteiger partial charge in [0.25, 0.3) is 0 Å². The minimum absolute atomic E-state index is 0.485. The lowest BCUT2D eigenvalue weighted by Gasteiger charge is -2.16. The molecular weight excluding hydrogens is 253 g/mol. The molecule has 0 bridgehead atoms. The summed E-state index contributed by atoms with van der Waals surface area (Å²) in [5.41, 5.74) is 6.86. The van der Waals surface area contributed by atoms with Gasteiger partial charge in [0.15, 0.2) is 0 Å². The molecule has 0 radical (unpaired) electrons. The van der Waals surface area contributed by atoms with E-state index in [0.717, 1.165) is 28.5 Å². The quantitative estimate of drug-likeness (QED) is 0.717. The van der Waals surface area contributed by atoms with Crippen LogP contribution in [-0.4, -0.2) is 6.54 Å². The second kappa shape index (κ2) is 7.97. The van der Waals surface area contributed by atoms with Crippen LogP contribution in [-0.2, 0) is 6.42 Å². The highest BCUT2D eigenvalue weighted by Gasteiger charge is 2.12. The molecule has 1 nitrogen and oxygen atoms in total. The first-order valence-electron chi connectivity index (χ1n) is 6.32. The molecule has 0 saturated heterocycles. The Morgan fingerprint density at radius 2 is 1.82 bits per heavy atom. The van der Waals surface area contributed by atoms with Gasteiger partial charge in [-0.15, -0.1) is 0 Å². The third kappa shape index (κ3) is 4.87. The molecule has 0 aliphatic rings. The van der Waals surface area contributed by atoms with Crippen molar-refractivity contribution in [2.45, 2.75) is 39.0 Å². The summed E-state index contributed by atoms with van der Waals surface area (Å²) < 4.78 is 0. The zero-order valence-corrected chi connectivity index (χ0v) is 11.9. The van der Waals surface area contributed by atoms with Gasteiger partial charge >= 0.3 is 0 Å². The third-order valence-electron chi connectivity index (χ3n) is 3.10. The van der Waals surface area contributed by atoms with Crippen molar-refractivity contribution in [3.8, 4) is 0 Å². The summed E-state index contributed by atoms with van der Waals surface area (Å²) in [5, 5.41) is 1.51. The van der Waals surface area contributed by atoms with Gasteiger partial charge in [-0.2, -0.15) is 0 Å². The van der Waals surface area contributed by atoms with Crippen LogP contribution in [0.3, 0.4) is 0 Å². The van der Waals surface area contributed by atoms with Crippen molar-refractivity contribution in [2.24, 2.45) is 11.7 Å². The molecule has 0 spiro atoms. The van der Waals surface area contributed by atoms with Gasteiger partial charge in [0, 0.05) is 10.0 Å². The molecule has 1 rings (SSSR count). The summed E-state index contributed by atoms with van der Waals surface area (Å²) in [5.74, 6) is 0.485. The van der Waals surface area contributed by atoms with Gasteiger partial charge in [-0.1, -0.05) is 55.5 Å². The molecule has 0 aromatic heterocycles. The predicted octanol–water partition coefficient (Wildman–Crippen LogP) is 4.69. The van der Waals surface area contributed by atoms with Gasteiger partial charge in [0.1, 0.15) is 0 Å². The van der Waals surface area contributed by atoms with Gasteiger partial charge in [-0.05, 0) is 43.0 Å². The van der Waals surface area contributed by atoms with Gasteiger partial charge in [0.2, 0.25) is 0 Å². The first-order chi connectivity index (χ1) is 8.19. The smallest absolute Gasteiger partial charge is 0.0452 e. The molecule has 17 heavy (non-hydrogen) atoms. The molecule has 0 saturated carbocycles. The maximum absolute atomic E-state index is 6.17. The minimum Gasteiger partial charge on any atom is -0.330 e. The van der Waals surface area contributed by atoms with E-state index in [1.165, 1.54) is 19.3 Å². The number of unbranched alkanes of at least 4 members (excludes halogenated alkanes) is 2. The molecule has 1 aromatic carbocycles. The number of rotatable bonds is 7. The Bertz CT molecular complexity index is 319. The Kier molecular flexibility index (Phi) is 6.94. The summed E-state index contributed by atoms with van der Waals surface area (Å²) in [6, 6.07) is 5.66. The van der Waals surface area contributed by atoms with E-state index < -0.39 is 0 Å². The first-order valence-corrected chi connectivity index (χ1v) is 7.07. The fraction of sp³-hybridized carbons (Fsp3) is 0.571. The largest absolute Gasteiger partial charge is 0.330 e. The Hall–Kier alpha value is -0.240. The highest BCUT2D eigenvalue weighted by atomic mass is 35.5. The fourth-order valence-corrected chi connectivity index (χ4v) is 2.55. The molecule has 0 heterocycles. The van der Waals surface area contributed by atoms with Crippen molar-refractivity contribution in [3.05, 3.63) is 33.8 Å². The van der Waals surface area contributed by atoms with Gasteiger partial charge in [0.05, 0.1) is 0 Å². The summed E-state index contributed by atoms with van der Waals surface area (Å²) in [7, 11) is 0. The molecule has 0 aliphatic carbocycles. The van der Waals surface area contributed by atoms with Gasteiger partial charge in [-0.25, -0.2) is 0 Å². The monoisotopic (exact) mass is 273 g/mol. The number of hydrogen-bond acceptors (Lipinski definition) is 1. The van der Waals surface area contributed by atoms with Crippen LogP contribution in [0.5, 0.6) is 0 Å². The second-order valence-electron chi connectivity index (χ2n) is 4.50. The van der Waals surface area contributed by atoms with E-state index >= 15 is 0 Å². The van der Waals surface area contributed by atoms with Gasteiger partial charge in [-0.3, -0.25) is 0 Å². The van der Waals surface area contributed by atoms with Crippen LogP contribution >= 0.6 is 23.2 Å². The number of hydrogen-bond donors (Lipinski definition) is 1. The van der Waals surface area contributed by atoms with E-state index in [4.69, 9.17) is 28.9 Å². The lowest BCUT2D eigenvalue weighted by atomic mass is 9.94. The van der Waals surface area contributed by atoms with Gasteiger partial charge < -0.3 is 5.73 Å². The molecule has 0 amide bonds. The van der Waals surface area contributed by atoms with Crippen molar-refractivity contribution >= 4 is 23.2 Å². The van der Waals surface area contributed by atoms with Crippen molar-refractivity contribution in [1.82, 2.24) is 0 Å². The number of halogens is 2. The highest BCUT2D eigenvalue weighted by Crippen LogP contribution is 2.28. The maximum Gasteiger partial charge on any atom is 0.0452 e. The number of nitrogens with two attached hydrogens (primary N) is 1. The first kappa shape index (κ1) is 14.8. The zero-order chi connectivity index (χ0) is 12.7. The van der Waals surface area contributed by atoms with Crippen LogP contribution in [0, 0.1) is 5.92 Å². The zero-order valence-electron chi connectivity index (χ0n) is 10.4. The Labute approximate surface area is 114 Å². The van der Waals surface area contributed by atoms with Crippen molar-refractivity contribution in [1.29, 1.82) is 0 Å². The molecule has 3 heteroatoms. The molecule has 1 unspecified atom stereocenters. The van der Waals surface area contributed by atoms with Crippen LogP contribution in [0.2, 0.25) is 10.0 Å². The Morgan fingerprint density at radius 3 is 2.35 bits per heavy atom. The lowest BCUT2D eigenvalue weighted by Crippen LogP contribution is -2.17. The van der Waals surface area contributed by atoms with E-state index in [1.807, 2.05) is 18.2 Å². The molecule has 0 aliphatic heterocycles. The average Bonchev–Trinajstić information content (AvgIpc) is 2.32. The lowest BCUT2D eigenvalue weighted by molar-refractivity contribution is 0.465. The van der Waals surface area contributed by atoms with Crippen molar-refractivity contribution in [2.75, 3.05) is 6.54 Å². The molecule has 96 valence electrons. The summed E-state index contributed by atoms with van der Waals surface area (Å²) in [6.45, 7) is 2.91. The molecule has 1 aromatic rings. The molecule has 0 fully saturated rings. The molecule has 2 N–H and O–H groups in total. The van der Waals surface area contributed by atoms with Crippen LogP contribution in [0.15, 0.2) is 18.2 Å². The van der Waals surface area contributed by atoms with Crippen LogP contribution in [0.4, 0.5) is 0 Å². The van der Waals surface area contributed by atoms with Crippen LogP contribution < -0.4 is 5.73 Å². The third-order valence-corrected chi connectivity index (χ3v) is 3.81. The van der Waals surface area contributed by atoms with Crippen LogP contribution in [0.25, 0.3) is 0 Å². The standard InChI is InChI=1S/C14H21Cl2N/c1-2-3-4-6-11(10-17)9-12-13(15)7-5-8-14(12)16/h5,7-8,11H,2-4,6,9-10,17H2,1H3.